The van der Waals surface area contributed by atoms with E-state index in [0.29, 0.717) is 12.4 Å². The average Bonchev–Trinajstić information content (AvgIpc) is 2.26. The van der Waals surface area contributed by atoms with E-state index in [9.17, 15) is 8.42 Å². The Bertz CT molecular complexity index is 497. The van der Waals surface area contributed by atoms with Crippen molar-refractivity contribution in [3.8, 4) is 0 Å². The van der Waals surface area contributed by atoms with Gasteiger partial charge in [-0.25, -0.2) is 17.7 Å². The van der Waals surface area contributed by atoms with Crippen LogP contribution < -0.4 is 5.32 Å². The number of anilines is 1. The molecule has 1 aromatic heterocycles. The van der Waals surface area contributed by atoms with Crippen molar-refractivity contribution in [2.75, 3.05) is 26.0 Å². The molecule has 1 heterocycles. The molecule has 1 aromatic rings. The molecule has 7 heteroatoms. The lowest BCUT2D eigenvalue weighted by Crippen LogP contribution is -2.22. The molecule has 1 N–H and O–H groups in total. The second-order valence-electron chi connectivity index (χ2n) is 3.54. The summed E-state index contributed by atoms with van der Waals surface area (Å²) in [6, 6.07) is 3.13. The number of hydrogen-bond acceptors (Lipinski definition) is 4. The summed E-state index contributed by atoms with van der Waals surface area (Å²) in [5, 5.41) is 2.99. The fourth-order valence-corrected chi connectivity index (χ4v) is 2.02. The third-order valence-corrected chi connectivity index (χ3v) is 4.06. The van der Waals surface area contributed by atoms with Gasteiger partial charge in [0.15, 0.2) is 0 Å². The number of hydrogen-bond donors (Lipinski definition) is 1. The Morgan fingerprint density at radius 2 is 2.18 bits per heavy atom. The fraction of sp³-hybridized carbons (Fsp3) is 0.300. The Morgan fingerprint density at radius 3 is 2.59 bits per heavy atom. The Labute approximate surface area is 110 Å². The zero-order chi connectivity index (χ0) is 13.1. The summed E-state index contributed by atoms with van der Waals surface area (Å²) in [4.78, 5) is 4.19. The Morgan fingerprint density at radius 1 is 1.53 bits per heavy atom. The Balaban J connectivity index is 2.85. The lowest BCUT2D eigenvalue weighted by Gasteiger charge is -2.11. The van der Waals surface area contributed by atoms with E-state index < -0.39 is 10.0 Å². The van der Waals surface area contributed by atoms with Crippen LogP contribution in [-0.4, -0.2) is 38.3 Å². The maximum absolute atomic E-state index is 11.8. The van der Waals surface area contributed by atoms with Crippen molar-refractivity contribution in [1.29, 1.82) is 0 Å². The van der Waals surface area contributed by atoms with Crippen LogP contribution in [0.25, 0.3) is 0 Å². The van der Waals surface area contributed by atoms with Crippen molar-refractivity contribution in [3.05, 3.63) is 29.4 Å². The first-order valence-corrected chi connectivity index (χ1v) is 7.03. The standard InChI is InChI=1S/C10H14BrN3O2S/c1-8(11)6-12-10-5-4-9(7-13-10)17(15,16)14(2)3/h4-5,7H,1,6H2,2-3H3,(H,12,13). The topological polar surface area (TPSA) is 62.3 Å². The Kier molecular flexibility index (Phi) is 4.67. The molecule has 0 spiro atoms. The van der Waals surface area contributed by atoms with Crippen LogP contribution >= 0.6 is 15.9 Å². The zero-order valence-electron chi connectivity index (χ0n) is 9.64. The summed E-state index contributed by atoms with van der Waals surface area (Å²) >= 11 is 3.21. The van der Waals surface area contributed by atoms with Crippen LogP contribution in [0, 0.1) is 0 Å². The molecule has 94 valence electrons. The van der Waals surface area contributed by atoms with Crippen LogP contribution in [-0.2, 0) is 10.0 Å². The summed E-state index contributed by atoms with van der Waals surface area (Å²) in [6.45, 7) is 4.21. The van der Waals surface area contributed by atoms with Crippen LogP contribution in [0.2, 0.25) is 0 Å². The quantitative estimate of drug-likeness (QED) is 0.896. The van der Waals surface area contributed by atoms with Gasteiger partial charge in [-0.3, -0.25) is 0 Å². The molecule has 0 aliphatic rings. The minimum Gasteiger partial charge on any atom is -0.365 e. The molecule has 17 heavy (non-hydrogen) atoms. The van der Waals surface area contributed by atoms with Crippen LogP contribution in [0.3, 0.4) is 0 Å². The van der Waals surface area contributed by atoms with Crippen molar-refractivity contribution in [2.24, 2.45) is 0 Å². The van der Waals surface area contributed by atoms with Gasteiger partial charge in [0.05, 0.1) is 0 Å². The second-order valence-corrected chi connectivity index (χ2v) is 6.81. The first-order valence-electron chi connectivity index (χ1n) is 4.80. The summed E-state index contributed by atoms with van der Waals surface area (Å²) in [7, 11) is -0.444. The van der Waals surface area contributed by atoms with E-state index in [1.807, 2.05) is 0 Å². The minimum atomic E-state index is -3.41. The van der Waals surface area contributed by atoms with Crippen molar-refractivity contribution in [2.45, 2.75) is 4.90 Å². The molecule has 5 nitrogen and oxygen atoms in total. The van der Waals surface area contributed by atoms with Crippen molar-refractivity contribution in [3.63, 3.8) is 0 Å². The molecule has 0 aliphatic carbocycles. The lowest BCUT2D eigenvalue weighted by atomic mass is 10.4. The smallest absolute Gasteiger partial charge is 0.244 e. The van der Waals surface area contributed by atoms with Gasteiger partial charge in [0.25, 0.3) is 0 Å². The van der Waals surface area contributed by atoms with E-state index >= 15 is 0 Å². The van der Waals surface area contributed by atoms with E-state index in [-0.39, 0.29) is 4.90 Å². The van der Waals surface area contributed by atoms with Gasteiger partial charge in [0.1, 0.15) is 10.7 Å². The highest BCUT2D eigenvalue weighted by molar-refractivity contribution is 9.11. The molecule has 0 amide bonds. The highest BCUT2D eigenvalue weighted by Crippen LogP contribution is 2.14. The summed E-state index contributed by atoms with van der Waals surface area (Å²) in [6.07, 6.45) is 1.33. The third-order valence-electron chi connectivity index (χ3n) is 1.98. The molecule has 0 aliphatic heterocycles. The number of nitrogens with one attached hydrogen (secondary N) is 1. The van der Waals surface area contributed by atoms with E-state index in [2.05, 4.69) is 32.8 Å². The first-order chi connectivity index (χ1) is 7.84. The Hall–Kier alpha value is -0.920. The largest absolute Gasteiger partial charge is 0.365 e. The molecule has 0 saturated carbocycles. The predicted molar refractivity (Wildman–Crippen MR) is 71.7 cm³/mol. The number of halogens is 1. The van der Waals surface area contributed by atoms with Gasteiger partial charge in [-0.2, -0.15) is 0 Å². The van der Waals surface area contributed by atoms with Crippen molar-refractivity contribution < 1.29 is 8.42 Å². The number of sulfonamides is 1. The maximum atomic E-state index is 11.8. The third kappa shape index (κ3) is 3.79. The summed E-state index contributed by atoms with van der Waals surface area (Å²) in [5.41, 5.74) is 0. The van der Waals surface area contributed by atoms with Crippen molar-refractivity contribution >= 4 is 31.8 Å². The lowest BCUT2D eigenvalue weighted by molar-refractivity contribution is 0.520. The van der Waals surface area contributed by atoms with Gasteiger partial charge in [0, 0.05) is 31.3 Å². The van der Waals surface area contributed by atoms with Gasteiger partial charge < -0.3 is 5.32 Å². The van der Waals surface area contributed by atoms with Gasteiger partial charge in [-0.15, -0.1) is 0 Å². The van der Waals surface area contributed by atoms with Crippen LogP contribution in [0.4, 0.5) is 5.82 Å². The molecular weight excluding hydrogens is 306 g/mol. The molecule has 0 fully saturated rings. The number of aromatic nitrogens is 1. The fourth-order valence-electron chi connectivity index (χ4n) is 1.03. The van der Waals surface area contributed by atoms with E-state index in [1.165, 1.54) is 26.4 Å². The number of rotatable bonds is 5. The van der Waals surface area contributed by atoms with E-state index in [1.54, 1.807) is 6.07 Å². The van der Waals surface area contributed by atoms with Crippen molar-refractivity contribution in [1.82, 2.24) is 9.29 Å². The van der Waals surface area contributed by atoms with E-state index in [0.717, 1.165) is 8.79 Å². The predicted octanol–water partition coefficient (Wildman–Crippen LogP) is 1.65. The van der Waals surface area contributed by atoms with Gasteiger partial charge >= 0.3 is 0 Å². The zero-order valence-corrected chi connectivity index (χ0v) is 12.0. The molecule has 0 bridgehead atoms. The van der Waals surface area contributed by atoms with Gasteiger partial charge in [-0.05, 0) is 12.1 Å². The molecule has 0 atom stereocenters. The molecule has 0 aromatic carbocycles. The van der Waals surface area contributed by atoms with E-state index in [4.69, 9.17) is 0 Å². The summed E-state index contributed by atoms with van der Waals surface area (Å²) < 4.78 is 25.5. The highest BCUT2D eigenvalue weighted by atomic mass is 79.9. The molecule has 1 rings (SSSR count). The highest BCUT2D eigenvalue weighted by Gasteiger charge is 2.17. The van der Waals surface area contributed by atoms with Crippen LogP contribution in [0.5, 0.6) is 0 Å². The molecular formula is C10H14BrN3O2S. The molecule has 0 unspecified atom stereocenters. The summed E-state index contributed by atoms with van der Waals surface area (Å²) in [5.74, 6) is 0.600. The average molecular weight is 320 g/mol. The SMILES string of the molecule is C=C(Br)CNc1ccc(S(=O)(=O)N(C)C)cn1. The minimum absolute atomic E-state index is 0.172. The van der Waals surface area contributed by atoms with Crippen LogP contribution in [0.1, 0.15) is 0 Å². The normalized spacial score (nSPS) is 11.5. The van der Waals surface area contributed by atoms with Gasteiger partial charge in [0.2, 0.25) is 10.0 Å². The monoisotopic (exact) mass is 319 g/mol. The second kappa shape index (κ2) is 5.61. The molecule has 0 saturated heterocycles. The number of nitrogens with zero attached hydrogens (tertiary/aromatic N) is 2. The first kappa shape index (κ1) is 14.1. The van der Waals surface area contributed by atoms with Crippen LogP contribution in [0.15, 0.2) is 34.3 Å². The molecule has 0 radical (unpaired) electrons. The number of pyridine rings is 1. The van der Waals surface area contributed by atoms with Gasteiger partial charge in [-0.1, -0.05) is 22.5 Å². The maximum Gasteiger partial charge on any atom is 0.244 e.